The molecule has 25 heavy (non-hydrogen) atoms. The van der Waals surface area contributed by atoms with Crippen LogP contribution >= 0.6 is 11.8 Å². The Hall–Kier alpha value is -2.42. The van der Waals surface area contributed by atoms with Crippen LogP contribution in [0.25, 0.3) is 5.78 Å². The van der Waals surface area contributed by atoms with Crippen molar-refractivity contribution < 1.29 is 0 Å². The van der Waals surface area contributed by atoms with Crippen LogP contribution in [0.15, 0.2) is 23.7 Å². The van der Waals surface area contributed by atoms with E-state index in [-0.39, 0.29) is 0 Å². The summed E-state index contributed by atoms with van der Waals surface area (Å²) in [6.07, 6.45) is 5.46. The normalized spacial score (nSPS) is 15.2. The van der Waals surface area contributed by atoms with Gasteiger partial charge in [0, 0.05) is 49.7 Å². The van der Waals surface area contributed by atoms with Crippen molar-refractivity contribution in [1.29, 1.82) is 0 Å². The molecule has 1 aliphatic heterocycles. The van der Waals surface area contributed by atoms with Crippen molar-refractivity contribution in [3.8, 4) is 0 Å². The first-order chi connectivity index (χ1) is 12.2. The predicted molar refractivity (Wildman–Crippen MR) is 98.5 cm³/mol. The highest BCUT2D eigenvalue weighted by Gasteiger charge is 2.22. The molecule has 4 rings (SSSR count). The maximum Gasteiger partial charge on any atom is 0.254 e. The lowest BCUT2D eigenvalue weighted by Gasteiger charge is -2.37. The molecule has 3 aromatic rings. The summed E-state index contributed by atoms with van der Waals surface area (Å²) in [5.41, 5.74) is 2.07. The van der Waals surface area contributed by atoms with E-state index in [0.717, 1.165) is 54.2 Å². The number of rotatable bonds is 3. The van der Waals surface area contributed by atoms with Crippen LogP contribution in [0.3, 0.4) is 0 Å². The van der Waals surface area contributed by atoms with E-state index < -0.39 is 0 Å². The summed E-state index contributed by atoms with van der Waals surface area (Å²) in [5, 5.41) is 5.13. The highest BCUT2D eigenvalue weighted by atomic mass is 32.2. The van der Waals surface area contributed by atoms with Gasteiger partial charge in [0.1, 0.15) is 18.0 Å². The molecule has 0 aromatic carbocycles. The average molecular weight is 356 g/mol. The largest absolute Gasteiger partial charge is 0.353 e. The lowest BCUT2D eigenvalue weighted by Crippen LogP contribution is -2.47. The van der Waals surface area contributed by atoms with Crippen LogP contribution in [-0.2, 0) is 0 Å². The summed E-state index contributed by atoms with van der Waals surface area (Å²) >= 11 is 1.57. The zero-order chi connectivity index (χ0) is 17.4. The minimum absolute atomic E-state index is 0.647. The number of hydrogen-bond donors (Lipinski definition) is 0. The van der Waals surface area contributed by atoms with E-state index in [0.29, 0.717) is 5.78 Å². The molecule has 9 heteroatoms. The topological polar surface area (TPSA) is 75.3 Å². The molecule has 0 amide bonds. The minimum atomic E-state index is 0.647. The van der Waals surface area contributed by atoms with Gasteiger partial charge in [-0.2, -0.15) is 14.6 Å². The van der Waals surface area contributed by atoms with Gasteiger partial charge in [0.2, 0.25) is 0 Å². The van der Waals surface area contributed by atoms with Gasteiger partial charge < -0.3 is 9.80 Å². The number of aryl methyl sites for hydroxylation is 2. The number of hydrogen-bond acceptors (Lipinski definition) is 8. The van der Waals surface area contributed by atoms with Crippen molar-refractivity contribution in [3.63, 3.8) is 0 Å². The molecule has 3 aromatic heterocycles. The van der Waals surface area contributed by atoms with E-state index in [1.54, 1.807) is 18.1 Å². The van der Waals surface area contributed by atoms with Gasteiger partial charge in [0.15, 0.2) is 5.16 Å². The molecule has 0 radical (unpaired) electrons. The van der Waals surface area contributed by atoms with E-state index in [1.807, 2.05) is 23.9 Å². The van der Waals surface area contributed by atoms with E-state index in [1.165, 1.54) is 0 Å². The smallest absolute Gasteiger partial charge is 0.254 e. The van der Waals surface area contributed by atoms with Crippen LogP contribution in [0.5, 0.6) is 0 Å². The van der Waals surface area contributed by atoms with Crippen LogP contribution in [0.4, 0.5) is 11.6 Å². The van der Waals surface area contributed by atoms with Crippen LogP contribution in [0.2, 0.25) is 0 Å². The third kappa shape index (κ3) is 2.99. The maximum absolute atomic E-state index is 4.69. The summed E-state index contributed by atoms with van der Waals surface area (Å²) in [4.78, 5) is 22.3. The molecule has 1 aliphatic rings. The molecule has 0 N–H and O–H groups in total. The van der Waals surface area contributed by atoms with Gasteiger partial charge in [-0.15, -0.1) is 0 Å². The van der Waals surface area contributed by atoms with Crippen molar-refractivity contribution in [3.05, 3.63) is 29.8 Å². The fourth-order valence-electron chi connectivity index (χ4n) is 3.12. The van der Waals surface area contributed by atoms with Crippen LogP contribution in [-0.4, -0.2) is 62.0 Å². The van der Waals surface area contributed by atoms with E-state index >= 15 is 0 Å². The molecule has 0 bridgehead atoms. The molecule has 1 fully saturated rings. The molecule has 0 aliphatic carbocycles. The Morgan fingerprint density at radius 3 is 2.52 bits per heavy atom. The van der Waals surface area contributed by atoms with Gasteiger partial charge >= 0.3 is 0 Å². The van der Waals surface area contributed by atoms with Gasteiger partial charge in [-0.05, 0) is 20.1 Å². The second kappa shape index (κ2) is 6.47. The number of aromatic nitrogens is 6. The van der Waals surface area contributed by atoms with Crippen LogP contribution in [0, 0.1) is 13.8 Å². The molecular weight excluding hydrogens is 336 g/mol. The van der Waals surface area contributed by atoms with Crippen molar-refractivity contribution in [2.75, 3.05) is 42.2 Å². The second-order valence-corrected chi connectivity index (χ2v) is 6.84. The Kier molecular flexibility index (Phi) is 4.16. The van der Waals surface area contributed by atoms with Crippen molar-refractivity contribution in [2.24, 2.45) is 0 Å². The summed E-state index contributed by atoms with van der Waals surface area (Å²) in [7, 11) is 0. The summed E-state index contributed by atoms with van der Waals surface area (Å²) in [5.74, 6) is 2.73. The van der Waals surface area contributed by atoms with Crippen LogP contribution < -0.4 is 9.80 Å². The van der Waals surface area contributed by atoms with E-state index in [9.17, 15) is 0 Å². The number of thioether (sulfide) groups is 1. The Labute approximate surface area is 150 Å². The number of nitrogens with zero attached hydrogens (tertiary/aromatic N) is 8. The quantitative estimate of drug-likeness (QED) is 0.517. The van der Waals surface area contributed by atoms with Gasteiger partial charge in [-0.1, -0.05) is 11.8 Å². The first-order valence-corrected chi connectivity index (χ1v) is 9.43. The average Bonchev–Trinajstić information content (AvgIpc) is 3.10. The highest BCUT2D eigenvalue weighted by Crippen LogP contribution is 2.23. The standard InChI is InChI=1S/C16H20N8S/c1-11-9-17-16(25-3)21-14(11)23-6-4-22(5-7-23)13-8-12(2)20-15-18-10-19-24(13)15/h8-10H,4-7H2,1-3H3. The molecule has 0 atom stereocenters. The Bertz CT molecular complexity index is 900. The lowest BCUT2D eigenvalue weighted by atomic mass is 10.2. The van der Waals surface area contributed by atoms with Gasteiger partial charge in [0.25, 0.3) is 5.78 Å². The zero-order valence-corrected chi connectivity index (χ0v) is 15.4. The third-order valence-corrected chi connectivity index (χ3v) is 4.93. The number of anilines is 2. The Morgan fingerprint density at radius 1 is 1.00 bits per heavy atom. The second-order valence-electron chi connectivity index (χ2n) is 6.06. The van der Waals surface area contributed by atoms with Gasteiger partial charge in [0.05, 0.1) is 0 Å². The summed E-state index contributed by atoms with van der Waals surface area (Å²) in [6, 6.07) is 2.07. The van der Waals surface area contributed by atoms with Gasteiger partial charge in [-0.3, -0.25) is 0 Å². The molecule has 8 nitrogen and oxygen atoms in total. The molecule has 0 spiro atoms. The first-order valence-electron chi connectivity index (χ1n) is 8.20. The Morgan fingerprint density at radius 2 is 1.76 bits per heavy atom. The molecule has 1 saturated heterocycles. The van der Waals surface area contributed by atoms with Crippen molar-refractivity contribution in [1.82, 2.24) is 29.5 Å². The number of piperazine rings is 1. The SMILES string of the molecule is CSc1ncc(C)c(N2CCN(c3cc(C)nc4ncnn34)CC2)n1. The fraction of sp³-hybridized carbons (Fsp3) is 0.438. The van der Waals surface area contributed by atoms with Crippen LogP contribution in [0.1, 0.15) is 11.3 Å². The fourth-order valence-corrected chi connectivity index (χ4v) is 3.46. The van der Waals surface area contributed by atoms with Crippen molar-refractivity contribution >= 4 is 29.2 Å². The molecular formula is C16H20N8S. The summed E-state index contributed by atoms with van der Waals surface area (Å²) < 4.78 is 1.81. The van der Waals surface area contributed by atoms with Crippen molar-refractivity contribution in [2.45, 2.75) is 19.0 Å². The first kappa shape index (κ1) is 16.1. The molecule has 4 heterocycles. The lowest BCUT2D eigenvalue weighted by molar-refractivity contribution is 0.628. The minimum Gasteiger partial charge on any atom is -0.353 e. The molecule has 0 saturated carbocycles. The predicted octanol–water partition coefficient (Wildman–Crippen LogP) is 1.58. The molecule has 130 valence electrons. The number of fused-ring (bicyclic) bond motifs is 1. The maximum atomic E-state index is 4.69. The van der Waals surface area contributed by atoms with E-state index in [2.05, 4.69) is 47.8 Å². The monoisotopic (exact) mass is 356 g/mol. The third-order valence-electron chi connectivity index (χ3n) is 4.37. The highest BCUT2D eigenvalue weighted by molar-refractivity contribution is 7.98. The Balaban J connectivity index is 1.56. The van der Waals surface area contributed by atoms with Gasteiger partial charge in [-0.25, -0.2) is 15.0 Å². The van der Waals surface area contributed by atoms with E-state index in [4.69, 9.17) is 0 Å². The summed E-state index contributed by atoms with van der Waals surface area (Å²) in [6.45, 7) is 7.67. The zero-order valence-electron chi connectivity index (χ0n) is 14.5. The molecule has 0 unspecified atom stereocenters.